The van der Waals surface area contributed by atoms with Crippen LogP contribution in [0.3, 0.4) is 0 Å². The van der Waals surface area contributed by atoms with E-state index >= 15 is 0 Å². The van der Waals surface area contributed by atoms with Crippen LogP contribution in [-0.4, -0.2) is 63.2 Å². The second kappa shape index (κ2) is 8.17. The molecule has 2 aromatic heterocycles. The maximum absolute atomic E-state index is 12.3. The highest BCUT2D eigenvalue weighted by atomic mass is 16.2. The summed E-state index contributed by atoms with van der Waals surface area (Å²) in [6, 6.07) is 7.70. The smallest absolute Gasteiger partial charge is 0.273 e. The Morgan fingerprint density at radius 1 is 1.11 bits per heavy atom. The third-order valence-corrected chi connectivity index (χ3v) is 4.81. The molecule has 0 saturated carbocycles. The lowest BCUT2D eigenvalue weighted by Crippen LogP contribution is -2.35. The number of piperidine rings is 1. The van der Waals surface area contributed by atoms with Gasteiger partial charge in [-0.2, -0.15) is 5.10 Å². The predicted octanol–water partition coefficient (Wildman–Crippen LogP) is 0.239. The summed E-state index contributed by atoms with van der Waals surface area (Å²) in [4.78, 5) is 24.5. The van der Waals surface area contributed by atoms with E-state index in [9.17, 15) is 9.59 Å². The molecule has 1 aliphatic rings. The van der Waals surface area contributed by atoms with Gasteiger partial charge < -0.3 is 16.0 Å². The molecule has 10 nitrogen and oxygen atoms in total. The summed E-state index contributed by atoms with van der Waals surface area (Å²) < 4.78 is 1.76. The molecule has 2 amide bonds. The lowest BCUT2D eigenvalue weighted by Gasteiger charge is -2.22. The minimum Gasteiger partial charge on any atom is -0.349 e. The number of nitrogens with zero attached hydrogens (tertiary/aromatic N) is 4. The van der Waals surface area contributed by atoms with Crippen LogP contribution in [0.25, 0.3) is 10.9 Å². The Balaban J connectivity index is 1.25. The van der Waals surface area contributed by atoms with E-state index in [-0.39, 0.29) is 36.6 Å². The van der Waals surface area contributed by atoms with Crippen molar-refractivity contribution in [3.05, 3.63) is 41.9 Å². The maximum atomic E-state index is 12.3. The van der Waals surface area contributed by atoms with Gasteiger partial charge in [0.25, 0.3) is 11.8 Å². The zero-order valence-corrected chi connectivity index (χ0v) is 15.3. The van der Waals surface area contributed by atoms with E-state index in [0.29, 0.717) is 5.69 Å². The molecule has 0 aliphatic carbocycles. The van der Waals surface area contributed by atoms with Crippen molar-refractivity contribution in [2.24, 2.45) is 0 Å². The first-order chi connectivity index (χ1) is 13.7. The number of fused-ring (bicyclic) bond motifs is 1. The fourth-order valence-corrected chi connectivity index (χ4v) is 3.29. The molecule has 0 bridgehead atoms. The molecule has 0 unspecified atom stereocenters. The second-order valence-electron chi connectivity index (χ2n) is 6.69. The molecule has 3 heterocycles. The summed E-state index contributed by atoms with van der Waals surface area (Å²) in [6.45, 7) is 2.45. The Bertz CT molecular complexity index is 973. The van der Waals surface area contributed by atoms with E-state index in [1.54, 1.807) is 10.9 Å². The third-order valence-electron chi connectivity index (χ3n) is 4.81. The number of aromatic amines is 1. The third kappa shape index (κ3) is 3.86. The first-order valence-electron chi connectivity index (χ1n) is 9.34. The fraction of sp³-hybridized carbons (Fsp3) is 0.389. The number of aromatic nitrogens is 5. The first-order valence-corrected chi connectivity index (χ1v) is 9.34. The van der Waals surface area contributed by atoms with Gasteiger partial charge in [-0.3, -0.25) is 14.7 Å². The molecule has 0 radical (unpaired) electrons. The number of para-hydroxylation sites is 1. The van der Waals surface area contributed by atoms with Crippen molar-refractivity contribution < 1.29 is 9.59 Å². The van der Waals surface area contributed by atoms with Crippen molar-refractivity contribution in [2.75, 3.05) is 26.2 Å². The topological polar surface area (TPSA) is 130 Å². The van der Waals surface area contributed by atoms with Gasteiger partial charge in [0.1, 0.15) is 0 Å². The van der Waals surface area contributed by atoms with E-state index in [1.165, 1.54) is 0 Å². The highest BCUT2D eigenvalue weighted by Gasteiger charge is 2.19. The number of hydrogen-bond donors (Lipinski definition) is 4. The van der Waals surface area contributed by atoms with Crippen molar-refractivity contribution in [3.63, 3.8) is 0 Å². The zero-order chi connectivity index (χ0) is 19.3. The normalized spacial score (nSPS) is 14.9. The van der Waals surface area contributed by atoms with Gasteiger partial charge in [-0.25, -0.2) is 4.68 Å². The van der Waals surface area contributed by atoms with Crippen molar-refractivity contribution in [2.45, 2.75) is 18.9 Å². The zero-order valence-electron chi connectivity index (χ0n) is 15.3. The summed E-state index contributed by atoms with van der Waals surface area (Å²) in [5.41, 5.74) is 1.42. The van der Waals surface area contributed by atoms with E-state index < -0.39 is 0 Å². The molecule has 10 heteroatoms. The Hall–Kier alpha value is -3.27. The van der Waals surface area contributed by atoms with Gasteiger partial charge in [0.05, 0.1) is 17.8 Å². The summed E-state index contributed by atoms with van der Waals surface area (Å²) in [6.07, 6.45) is 3.62. The Labute approximate surface area is 161 Å². The Morgan fingerprint density at radius 3 is 2.68 bits per heavy atom. The van der Waals surface area contributed by atoms with E-state index in [2.05, 4.69) is 36.5 Å². The molecule has 1 aliphatic heterocycles. The van der Waals surface area contributed by atoms with Gasteiger partial charge in [-0.1, -0.05) is 23.4 Å². The lowest BCUT2D eigenvalue weighted by molar-refractivity contribution is 0.0923. The van der Waals surface area contributed by atoms with Gasteiger partial charge in [0.15, 0.2) is 11.4 Å². The van der Waals surface area contributed by atoms with Gasteiger partial charge in [-0.05, 0) is 32.0 Å². The molecule has 146 valence electrons. The predicted molar refractivity (Wildman–Crippen MR) is 102 cm³/mol. The highest BCUT2D eigenvalue weighted by molar-refractivity contribution is 6.04. The molecule has 3 aromatic rings. The van der Waals surface area contributed by atoms with Crippen molar-refractivity contribution in [1.82, 2.24) is 41.1 Å². The van der Waals surface area contributed by atoms with Crippen molar-refractivity contribution >= 4 is 22.7 Å². The SMILES string of the molecule is O=C(NCCNC(=O)c1n[nH]c2ccccc12)c1cn(C2CCNCC2)nn1. The van der Waals surface area contributed by atoms with Crippen LogP contribution in [0.4, 0.5) is 0 Å². The molecule has 0 spiro atoms. The number of carbonyl (C=O) groups excluding carboxylic acids is 2. The van der Waals surface area contributed by atoms with E-state index in [0.717, 1.165) is 36.8 Å². The molecule has 1 fully saturated rings. The van der Waals surface area contributed by atoms with Crippen LogP contribution in [0.15, 0.2) is 30.5 Å². The fourth-order valence-electron chi connectivity index (χ4n) is 3.29. The standard InChI is InChI=1S/C18H22N8O2/c27-17(15-11-26(25-23-15)12-5-7-19-8-6-12)20-9-10-21-18(28)16-13-3-1-2-4-14(13)22-24-16/h1-4,11-12,19H,5-10H2,(H,20,27)(H,21,28)(H,22,24). The van der Waals surface area contributed by atoms with Crippen LogP contribution >= 0.6 is 0 Å². The summed E-state index contributed by atoms with van der Waals surface area (Å²) >= 11 is 0. The first kappa shape index (κ1) is 18.1. The molecular formula is C18H22N8O2. The van der Waals surface area contributed by atoms with Crippen LogP contribution in [0.5, 0.6) is 0 Å². The van der Waals surface area contributed by atoms with Crippen molar-refractivity contribution in [3.8, 4) is 0 Å². The summed E-state index contributed by atoms with van der Waals surface area (Å²) in [5.74, 6) is -0.594. The number of hydrogen-bond acceptors (Lipinski definition) is 6. The number of H-pyrrole nitrogens is 1. The van der Waals surface area contributed by atoms with Crippen LogP contribution in [-0.2, 0) is 0 Å². The average Bonchev–Trinajstić information content (AvgIpc) is 3.39. The molecule has 28 heavy (non-hydrogen) atoms. The summed E-state index contributed by atoms with van der Waals surface area (Å²) in [5, 5.41) is 24.5. The van der Waals surface area contributed by atoms with Crippen LogP contribution in [0, 0.1) is 0 Å². The number of carbonyl (C=O) groups is 2. The van der Waals surface area contributed by atoms with Crippen LogP contribution in [0.1, 0.15) is 39.9 Å². The van der Waals surface area contributed by atoms with E-state index in [4.69, 9.17) is 0 Å². The molecule has 4 rings (SSSR count). The van der Waals surface area contributed by atoms with Crippen LogP contribution in [0.2, 0.25) is 0 Å². The highest BCUT2D eigenvalue weighted by Crippen LogP contribution is 2.17. The Morgan fingerprint density at radius 2 is 1.86 bits per heavy atom. The maximum Gasteiger partial charge on any atom is 0.273 e. The lowest BCUT2D eigenvalue weighted by atomic mass is 10.1. The summed E-state index contributed by atoms with van der Waals surface area (Å²) in [7, 11) is 0. The van der Waals surface area contributed by atoms with Crippen molar-refractivity contribution in [1.29, 1.82) is 0 Å². The number of amides is 2. The molecule has 4 N–H and O–H groups in total. The number of nitrogens with one attached hydrogen (secondary N) is 4. The van der Waals surface area contributed by atoms with E-state index in [1.807, 2.05) is 24.3 Å². The Kier molecular flexibility index (Phi) is 5.29. The quantitative estimate of drug-likeness (QED) is 0.452. The molecule has 1 saturated heterocycles. The van der Waals surface area contributed by atoms with Gasteiger partial charge in [0.2, 0.25) is 0 Å². The van der Waals surface area contributed by atoms with Gasteiger partial charge in [0, 0.05) is 18.5 Å². The van der Waals surface area contributed by atoms with Crippen LogP contribution < -0.4 is 16.0 Å². The molecule has 0 atom stereocenters. The molecular weight excluding hydrogens is 360 g/mol. The molecule has 1 aromatic carbocycles. The van der Waals surface area contributed by atoms with Gasteiger partial charge in [-0.15, -0.1) is 5.10 Å². The minimum atomic E-state index is -0.306. The minimum absolute atomic E-state index is 0.276. The largest absolute Gasteiger partial charge is 0.349 e. The number of benzene rings is 1. The average molecular weight is 382 g/mol. The second-order valence-corrected chi connectivity index (χ2v) is 6.69. The number of rotatable bonds is 6. The monoisotopic (exact) mass is 382 g/mol. The van der Waals surface area contributed by atoms with Gasteiger partial charge >= 0.3 is 0 Å².